The van der Waals surface area contributed by atoms with Gasteiger partial charge >= 0.3 is 0 Å². The number of phenols is 1. The van der Waals surface area contributed by atoms with Gasteiger partial charge in [0, 0.05) is 6.04 Å². The minimum Gasteiger partial charge on any atom is -0.508 e. The molecule has 0 amide bonds. The van der Waals surface area contributed by atoms with E-state index in [1.54, 1.807) is 12.1 Å². The van der Waals surface area contributed by atoms with E-state index in [1.165, 1.54) is 0 Å². The molecule has 0 saturated heterocycles. The summed E-state index contributed by atoms with van der Waals surface area (Å²) in [4.78, 5) is 0. The molecule has 0 aromatic heterocycles. The van der Waals surface area contributed by atoms with Crippen LogP contribution in [-0.4, -0.2) is 12.2 Å². The van der Waals surface area contributed by atoms with Crippen LogP contribution >= 0.6 is 0 Å². The quantitative estimate of drug-likeness (QED) is 0.674. The van der Waals surface area contributed by atoms with E-state index in [0.717, 1.165) is 5.56 Å². The van der Waals surface area contributed by atoms with Gasteiger partial charge < -0.3 is 10.4 Å². The lowest BCUT2D eigenvalue weighted by Gasteiger charge is -2.09. The monoisotopic (exact) mass is 151 g/mol. The predicted molar refractivity (Wildman–Crippen MR) is 45.6 cm³/mol. The fraction of sp³-hybridized carbons (Fsp3) is 0.333. The molecule has 1 aromatic carbocycles. The van der Waals surface area contributed by atoms with Gasteiger partial charge in [0.05, 0.1) is 0 Å². The normalized spacial score (nSPS) is 12.9. The van der Waals surface area contributed by atoms with Gasteiger partial charge in [-0.3, -0.25) is 0 Å². The van der Waals surface area contributed by atoms with Gasteiger partial charge in [-0.25, -0.2) is 0 Å². The largest absolute Gasteiger partial charge is 0.508 e. The third kappa shape index (κ3) is 1.95. The summed E-state index contributed by atoms with van der Waals surface area (Å²) in [6.07, 6.45) is 0. The minimum absolute atomic E-state index is 0.294. The van der Waals surface area contributed by atoms with E-state index in [2.05, 4.69) is 12.2 Å². The molecule has 0 aliphatic carbocycles. The van der Waals surface area contributed by atoms with Crippen molar-refractivity contribution in [1.82, 2.24) is 5.32 Å². The van der Waals surface area contributed by atoms with Crippen molar-refractivity contribution in [1.29, 1.82) is 0 Å². The van der Waals surface area contributed by atoms with E-state index in [-0.39, 0.29) is 0 Å². The zero-order valence-electron chi connectivity index (χ0n) is 6.83. The second-order valence-electron chi connectivity index (χ2n) is 2.61. The molecule has 1 atom stereocenters. The maximum absolute atomic E-state index is 9.13. The number of hydrogen-bond acceptors (Lipinski definition) is 2. The molecule has 11 heavy (non-hydrogen) atoms. The maximum atomic E-state index is 9.13. The Morgan fingerprint density at radius 3 is 2.73 bits per heavy atom. The average molecular weight is 151 g/mol. The van der Waals surface area contributed by atoms with E-state index in [4.69, 9.17) is 5.11 Å². The van der Waals surface area contributed by atoms with Crippen LogP contribution < -0.4 is 5.32 Å². The molecule has 2 nitrogen and oxygen atoms in total. The first-order chi connectivity index (χ1) is 5.24. The highest BCUT2D eigenvalue weighted by Gasteiger charge is 2.01. The van der Waals surface area contributed by atoms with Crippen LogP contribution in [0.25, 0.3) is 0 Å². The number of nitrogens with one attached hydrogen (secondary N) is 1. The molecule has 0 heterocycles. The first-order valence-electron chi connectivity index (χ1n) is 3.70. The highest BCUT2D eigenvalue weighted by molar-refractivity contribution is 5.28. The molecular weight excluding hydrogens is 138 g/mol. The Labute approximate surface area is 66.9 Å². The molecule has 1 rings (SSSR count). The third-order valence-corrected chi connectivity index (χ3v) is 1.80. The van der Waals surface area contributed by atoms with Gasteiger partial charge in [0.1, 0.15) is 5.75 Å². The van der Waals surface area contributed by atoms with Gasteiger partial charge in [-0.1, -0.05) is 12.1 Å². The first kappa shape index (κ1) is 8.08. The Kier molecular flexibility index (Phi) is 2.49. The van der Waals surface area contributed by atoms with Crippen LogP contribution in [0.3, 0.4) is 0 Å². The first-order valence-corrected chi connectivity index (χ1v) is 3.70. The van der Waals surface area contributed by atoms with E-state index < -0.39 is 0 Å². The molecule has 2 heteroatoms. The summed E-state index contributed by atoms with van der Waals surface area (Å²) in [5.74, 6) is 0.324. The van der Waals surface area contributed by atoms with Crippen molar-refractivity contribution in [3.8, 4) is 5.75 Å². The second-order valence-corrected chi connectivity index (χ2v) is 2.61. The van der Waals surface area contributed by atoms with Gasteiger partial charge in [0.2, 0.25) is 0 Å². The van der Waals surface area contributed by atoms with Gasteiger partial charge in [-0.2, -0.15) is 0 Å². The smallest absolute Gasteiger partial charge is 0.115 e. The molecule has 60 valence electrons. The van der Waals surface area contributed by atoms with E-state index in [0.29, 0.717) is 11.8 Å². The maximum Gasteiger partial charge on any atom is 0.115 e. The number of rotatable bonds is 2. The van der Waals surface area contributed by atoms with Gasteiger partial charge in [0.15, 0.2) is 0 Å². The summed E-state index contributed by atoms with van der Waals surface area (Å²) in [5.41, 5.74) is 1.10. The Morgan fingerprint density at radius 2 is 2.18 bits per heavy atom. The average Bonchev–Trinajstić information content (AvgIpc) is 2.03. The summed E-state index contributed by atoms with van der Waals surface area (Å²) in [6.45, 7) is 2.05. The van der Waals surface area contributed by atoms with Crippen LogP contribution in [0.15, 0.2) is 24.3 Å². The Bertz CT molecular complexity index is 235. The fourth-order valence-corrected chi connectivity index (χ4v) is 0.961. The highest BCUT2D eigenvalue weighted by Crippen LogP contribution is 2.16. The molecule has 2 N–H and O–H groups in total. The summed E-state index contributed by atoms with van der Waals surface area (Å²) < 4.78 is 0. The van der Waals surface area contributed by atoms with E-state index in [1.807, 2.05) is 19.2 Å². The molecule has 0 bridgehead atoms. The van der Waals surface area contributed by atoms with E-state index >= 15 is 0 Å². The van der Waals surface area contributed by atoms with Crippen LogP contribution in [0.1, 0.15) is 18.5 Å². The van der Waals surface area contributed by atoms with E-state index in [9.17, 15) is 0 Å². The summed E-state index contributed by atoms with van der Waals surface area (Å²) >= 11 is 0. The predicted octanol–water partition coefficient (Wildman–Crippen LogP) is 1.67. The van der Waals surface area contributed by atoms with Crippen molar-refractivity contribution < 1.29 is 5.11 Å². The topological polar surface area (TPSA) is 32.3 Å². The molecule has 0 fully saturated rings. The van der Waals surface area contributed by atoms with Crippen LogP contribution in [0.4, 0.5) is 0 Å². The number of benzene rings is 1. The molecule has 0 unspecified atom stereocenters. The highest BCUT2D eigenvalue weighted by atomic mass is 16.3. The zero-order valence-corrected chi connectivity index (χ0v) is 6.83. The summed E-state index contributed by atoms with van der Waals surface area (Å²) in [7, 11) is 1.90. The minimum atomic E-state index is 0.294. The van der Waals surface area contributed by atoms with Crippen LogP contribution in [0.5, 0.6) is 5.75 Å². The Hall–Kier alpha value is -1.02. The van der Waals surface area contributed by atoms with Crippen LogP contribution in [0, 0.1) is 0 Å². The molecule has 0 spiro atoms. The van der Waals surface area contributed by atoms with Crippen molar-refractivity contribution in [3.63, 3.8) is 0 Å². The van der Waals surface area contributed by atoms with Gasteiger partial charge in [-0.05, 0) is 31.7 Å². The summed E-state index contributed by atoms with van der Waals surface area (Å²) in [5, 5.41) is 12.2. The van der Waals surface area contributed by atoms with Gasteiger partial charge in [0.25, 0.3) is 0 Å². The zero-order chi connectivity index (χ0) is 8.27. The van der Waals surface area contributed by atoms with Crippen molar-refractivity contribution in [3.05, 3.63) is 29.8 Å². The second kappa shape index (κ2) is 3.39. The lowest BCUT2D eigenvalue weighted by atomic mass is 10.1. The van der Waals surface area contributed by atoms with Crippen molar-refractivity contribution in [2.45, 2.75) is 13.0 Å². The number of hydrogen-bond donors (Lipinski definition) is 2. The van der Waals surface area contributed by atoms with Crippen molar-refractivity contribution >= 4 is 0 Å². The van der Waals surface area contributed by atoms with Crippen molar-refractivity contribution in [2.75, 3.05) is 7.05 Å². The molecular formula is C9H13NO. The Morgan fingerprint density at radius 1 is 1.45 bits per heavy atom. The lowest BCUT2D eigenvalue weighted by molar-refractivity contribution is 0.473. The number of aromatic hydroxyl groups is 1. The molecule has 0 radical (unpaired) electrons. The third-order valence-electron chi connectivity index (χ3n) is 1.80. The molecule has 0 aliphatic rings. The SMILES string of the molecule is CN[C@@H](C)c1cccc(O)c1. The molecule has 1 aromatic rings. The molecule has 0 saturated carbocycles. The Balaban J connectivity index is 2.86. The lowest BCUT2D eigenvalue weighted by Crippen LogP contribution is -2.11. The number of phenolic OH excluding ortho intramolecular Hbond substituents is 1. The van der Waals surface area contributed by atoms with Crippen LogP contribution in [0.2, 0.25) is 0 Å². The molecule has 0 aliphatic heterocycles. The van der Waals surface area contributed by atoms with Gasteiger partial charge in [-0.15, -0.1) is 0 Å². The fourth-order valence-electron chi connectivity index (χ4n) is 0.961. The van der Waals surface area contributed by atoms with Crippen molar-refractivity contribution in [2.24, 2.45) is 0 Å². The standard InChI is InChI=1S/C9H13NO/c1-7(10-2)8-4-3-5-9(11)6-8/h3-7,10-11H,1-2H3/t7-/m0/s1. The summed E-state index contributed by atoms with van der Waals surface area (Å²) in [6, 6.07) is 7.56. The van der Waals surface area contributed by atoms with Crippen LogP contribution in [-0.2, 0) is 0 Å².